The average molecular weight is 295 g/mol. The first-order valence-corrected chi connectivity index (χ1v) is 7.72. The molecule has 1 heterocycles. The van der Waals surface area contributed by atoms with E-state index in [9.17, 15) is 4.79 Å². The van der Waals surface area contributed by atoms with Crippen LogP contribution in [0, 0.1) is 6.92 Å². The van der Waals surface area contributed by atoms with Crippen molar-refractivity contribution in [3.63, 3.8) is 0 Å². The summed E-state index contributed by atoms with van der Waals surface area (Å²) in [5.41, 5.74) is 3.77. The fourth-order valence-corrected chi connectivity index (χ4v) is 2.81. The van der Waals surface area contributed by atoms with Crippen molar-refractivity contribution in [2.24, 2.45) is 0 Å². The van der Waals surface area contributed by atoms with Gasteiger partial charge in [0.25, 0.3) is 5.91 Å². The number of benzene rings is 2. The van der Waals surface area contributed by atoms with E-state index >= 15 is 0 Å². The van der Waals surface area contributed by atoms with Gasteiger partial charge < -0.3 is 9.64 Å². The highest BCUT2D eigenvalue weighted by molar-refractivity contribution is 5.81. The van der Waals surface area contributed by atoms with Gasteiger partial charge in [0, 0.05) is 13.1 Å². The molecule has 0 radical (unpaired) electrons. The van der Waals surface area contributed by atoms with Gasteiger partial charge in [-0.2, -0.15) is 0 Å². The molecule has 1 amide bonds. The Hall–Kier alpha value is -2.29. The average Bonchev–Trinajstić information content (AvgIpc) is 2.55. The summed E-state index contributed by atoms with van der Waals surface area (Å²) in [6.07, 6.45) is 0.451. The Bertz CT molecular complexity index is 663. The van der Waals surface area contributed by atoms with Crippen LogP contribution in [-0.4, -0.2) is 23.5 Å². The standard InChI is InChI=1S/C19H21NO2/c1-14-7-9-18(10-8-14)22-15(2)19(21)20-12-11-16-5-3-4-6-17(16)13-20/h3-10,15H,11-13H2,1-2H3. The van der Waals surface area contributed by atoms with Gasteiger partial charge in [-0.05, 0) is 43.5 Å². The van der Waals surface area contributed by atoms with Crippen molar-refractivity contribution in [1.82, 2.24) is 4.90 Å². The van der Waals surface area contributed by atoms with Crippen molar-refractivity contribution in [2.75, 3.05) is 6.54 Å². The SMILES string of the molecule is Cc1ccc(OC(C)C(=O)N2CCc3ccccc3C2)cc1. The van der Waals surface area contributed by atoms with Gasteiger partial charge >= 0.3 is 0 Å². The topological polar surface area (TPSA) is 29.5 Å². The van der Waals surface area contributed by atoms with Crippen LogP contribution in [0.15, 0.2) is 48.5 Å². The van der Waals surface area contributed by atoms with Gasteiger partial charge in [-0.15, -0.1) is 0 Å². The van der Waals surface area contributed by atoms with Gasteiger partial charge in [0.05, 0.1) is 0 Å². The molecule has 0 bridgehead atoms. The lowest BCUT2D eigenvalue weighted by Crippen LogP contribution is -2.43. The summed E-state index contributed by atoms with van der Waals surface area (Å²) in [7, 11) is 0. The van der Waals surface area contributed by atoms with E-state index in [-0.39, 0.29) is 5.91 Å². The second-order valence-electron chi connectivity index (χ2n) is 5.85. The van der Waals surface area contributed by atoms with Crippen molar-refractivity contribution in [2.45, 2.75) is 32.9 Å². The highest BCUT2D eigenvalue weighted by Gasteiger charge is 2.25. The number of carbonyl (C=O) groups excluding carboxylic acids is 1. The number of hydrogen-bond donors (Lipinski definition) is 0. The second-order valence-corrected chi connectivity index (χ2v) is 5.85. The molecule has 3 nitrogen and oxygen atoms in total. The van der Waals surface area contributed by atoms with Crippen molar-refractivity contribution < 1.29 is 9.53 Å². The summed E-state index contributed by atoms with van der Waals surface area (Å²) in [6.45, 7) is 5.29. The molecule has 114 valence electrons. The van der Waals surface area contributed by atoms with E-state index < -0.39 is 6.10 Å². The van der Waals surface area contributed by atoms with E-state index in [0.29, 0.717) is 6.54 Å². The van der Waals surface area contributed by atoms with Crippen LogP contribution < -0.4 is 4.74 Å². The maximum atomic E-state index is 12.6. The lowest BCUT2D eigenvalue weighted by molar-refractivity contribution is -0.138. The van der Waals surface area contributed by atoms with Crippen molar-refractivity contribution >= 4 is 5.91 Å². The van der Waals surface area contributed by atoms with Crippen LogP contribution >= 0.6 is 0 Å². The number of carbonyl (C=O) groups is 1. The third-order valence-electron chi connectivity index (χ3n) is 4.12. The van der Waals surface area contributed by atoms with Gasteiger partial charge in [0.2, 0.25) is 0 Å². The third kappa shape index (κ3) is 3.14. The van der Waals surface area contributed by atoms with Crippen LogP contribution in [0.1, 0.15) is 23.6 Å². The molecule has 1 atom stereocenters. The van der Waals surface area contributed by atoms with Crippen molar-refractivity contribution in [3.8, 4) is 5.75 Å². The largest absolute Gasteiger partial charge is 0.481 e. The minimum absolute atomic E-state index is 0.0510. The molecule has 3 rings (SSSR count). The van der Waals surface area contributed by atoms with E-state index in [0.717, 1.165) is 18.7 Å². The normalized spacial score (nSPS) is 15.1. The van der Waals surface area contributed by atoms with Crippen molar-refractivity contribution in [3.05, 3.63) is 65.2 Å². The predicted molar refractivity (Wildman–Crippen MR) is 86.8 cm³/mol. The number of hydrogen-bond acceptors (Lipinski definition) is 2. The Kier molecular flexibility index (Phi) is 4.14. The number of nitrogens with zero attached hydrogens (tertiary/aromatic N) is 1. The predicted octanol–water partition coefficient (Wildman–Crippen LogP) is 3.35. The fraction of sp³-hybridized carbons (Fsp3) is 0.316. The molecule has 0 spiro atoms. The van der Waals surface area contributed by atoms with Crippen LogP contribution in [0.25, 0.3) is 0 Å². The van der Waals surface area contributed by atoms with Gasteiger partial charge in [-0.1, -0.05) is 42.0 Å². The minimum Gasteiger partial charge on any atom is -0.481 e. The molecule has 1 aliphatic rings. The van der Waals surface area contributed by atoms with E-state index in [1.807, 2.05) is 49.1 Å². The zero-order valence-corrected chi connectivity index (χ0v) is 13.1. The lowest BCUT2D eigenvalue weighted by Gasteiger charge is -2.31. The smallest absolute Gasteiger partial charge is 0.263 e. The highest BCUT2D eigenvalue weighted by atomic mass is 16.5. The van der Waals surface area contributed by atoms with Crippen LogP contribution in [0.2, 0.25) is 0 Å². The minimum atomic E-state index is -0.465. The van der Waals surface area contributed by atoms with E-state index in [1.165, 1.54) is 16.7 Å². The Labute approximate surface area is 131 Å². The molecule has 22 heavy (non-hydrogen) atoms. The summed E-state index contributed by atoms with van der Waals surface area (Å²) in [4.78, 5) is 14.5. The van der Waals surface area contributed by atoms with Gasteiger partial charge in [-0.3, -0.25) is 4.79 Å². The molecule has 2 aromatic carbocycles. The Balaban J connectivity index is 1.65. The quantitative estimate of drug-likeness (QED) is 0.869. The van der Waals surface area contributed by atoms with Gasteiger partial charge in [0.15, 0.2) is 6.10 Å². The molecule has 0 saturated carbocycles. The molecule has 0 N–H and O–H groups in total. The van der Waals surface area contributed by atoms with Gasteiger partial charge in [-0.25, -0.2) is 0 Å². The zero-order valence-electron chi connectivity index (χ0n) is 13.1. The molecule has 3 heteroatoms. The van der Waals surface area contributed by atoms with E-state index in [2.05, 4.69) is 18.2 Å². The van der Waals surface area contributed by atoms with Gasteiger partial charge in [0.1, 0.15) is 5.75 Å². The Morgan fingerprint density at radius 2 is 1.77 bits per heavy atom. The third-order valence-corrected chi connectivity index (χ3v) is 4.12. The molecule has 0 fully saturated rings. The molecule has 2 aromatic rings. The summed E-state index contributed by atoms with van der Waals surface area (Å²) in [5, 5.41) is 0. The lowest BCUT2D eigenvalue weighted by atomic mass is 9.99. The first-order chi connectivity index (χ1) is 10.6. The van der Waals surface area contributed by atoms with Crippen LogP contribution in [-0.2, 0) is 17.8 Å². The zero-order chi connectivity index (χ0) is 15.5. The first-order valence-electron chi connectivity index (χ1n) is 7.72. The number of amides is 1. The molecular weight excluding hydrogens is 274 g/mol. The number of ether oxygens (including phenoxy) is 1. The summed E-state index contributed by atoms with van der Waals surface area (Å²) >= 11 is 0. The summed E-state index contributed by atoms with van der Waals surface area (Å²) in [6, 6.07) is 16.1. The fourth-order valence-electron chi connectivity index (χ4n) is 2.81. The second kappa shape index (κ2) is 6.22. The Morgan fingerprint density at radius 1 is 1.09 bits per heavy atom. The highest BCUT2D eigenvalue weighted by Crippen LogP contribution is 2.20. The molecule has 0 saturated heterocycles. The Morgan fingerprint density at radius 3 is 2.50 bits per heavy atom. The molecule has 0 aromatic heterocycles. The number of aryl methyl sites for hydroxylation is 1. The molecular formula is C19H21NO2. The monoisotopic (exact) mass is 295 g/mol. The summed E-state index contributed by atoms with van der Waals surface area (Å²) in [5.74, 6) is 0.791. The maximum absolute atomic E-state index is 12.6. The van der Waals surface area contributed by atoms with Crippen LogP contribution in [0.4, 0.5) is 0 Å². The first kappa shape index (κ1) is 14.6. The molecule has 1 aliphatic heterocycles. The number of rotatable bonds is 3. The van der Waals surface area contributed by atoms with E-state index in [4.69, 9.17) is 4.74 Å². The maximum Gasteiger partial charge on any atom is 0.263 e. The van der Waals surface area contributed by atoms with E-state index in [1.54, 1.807) is 0 Å². The van der Waals surface area contributed by atoms with Crippen LogP contribution in [0.5, 0.6) is 5.75 Å². The molecule has 1 unspecified atom stereocenters. The molecule has 0 aliphatic carbocycles. The number of fused-ring (bicyclic) bond motifs is 1. The summed E-state index contributed by atoms with van der Waals surface area (Å²) < 4.78 is 5.78. The van der Waals surface area contributed by atoms with Crippen LogP contribution in [0.3, 0.4) is 0 Å². The van der Waals surface area contributed by atoms with Crippen molar-refractivity contribution in [1.29, 1.82) is 0 Å².